The molecule has 18 heavy (non-hydrogen) atoms. The Hall–Kier alpha value is -0.420. The summed E-state index contributed by atoms with van der Waals surface area (Å²) < 4.78 is 11.4. The van der Waals surface area contributed by atoms with Crippen LogP contribution in [0.5, 0.6) is 0 Å². The fourth-order valence-corrected chi connectivity index (χ4v) is 2.37. The van der Waals surface area contributed by atoms with Gasteiger partial charge in [-0.1, -0.05) is 11.6 Å². The number of ether oxygens (including phenoxy) is 2. The molecule has 0 aromatic carbocycles. The van der Waals surface area contributed by atoms with Gasteiger partial charge in [-0.15, -0.1) is 11.3 Å². The first-order chi connectivity index (χ1) is 8.35. The van der Waals surface area contributed by atoms with Crippen LogP contribution in [0.15, 0.2) is 12.1 Å². The van der Waals surface area contributed by atoms with Gasteiger partial charge in [0.1, 0.15) is 6.10 Å². The molecule has 0 radical (unpaired) electrons. The van der Waals surface area contributed by atoms with E-state index in [9.17, 15) is 4.79 Å². The van der Waals surface area contributed by atoms with Crippen LogP contribution in [0, 0.1) is 0 Å². The maximum atomic E-state index is 12.0. The minimum atomic E-state index is -0.452. The van der Waals surface area contributed by atoms with E-state index in [4.69, 9.17) is 21.1 Å². The van der Waals surface area contributed by atoms with E-state index in [-0.39, 0.29) is 11.4 Å². The van der Waals surface area contributed by atoms with E-state index in [0.29, 0.717) is 15.8 Å². The maximum Gasteiger partial charge on any atom is 0.201 e. The van der Waals surface area contributed by atoms with Gasteiger partial charge < -0.3 is 9.47 Å². The van der Waals surface area contributed by atoms with Gasteiger partial charge in [0.15, 0.2) is 0 Å². The lowest BCUT2D eigenvalue weighted by Gasteiger charge is -2.23. The third-order valence-corrected chi connectivity index (χ3v) is 4.06. The number of halogens is 1. The van der Waals surface area contributed by atoms with Crippen LogP contribution in [0.25, 0.3) is 0 Å². The summed E-state index contributed by atoms with van der Waals surface area (Å²) in [5, 5.41) is 0. The molecule has 0 amide bonds. The van der Waals surface area contributed by atoms with E-state index < -0.39 is 6.10 Å². The van der Waals surface area contributed by atoms with Gasteiger partial charge in [-0.3, -0.25) is 4.79 Å². The summed E-state index contributed by atoms with van der Waals surface area (Å²) in [6.45, 7) is 6.23. The third kappa shape index (κ3) is 4.69. The van der Waals surface area contributed by atoms with Gasteiger partial charge >= 0.3 is 0 Å². The number of methoxy groups -OCH3 is 1. The fraction of sp³-hybridized carbons (Fsp3) is 0.615. The van der Waals surface area contributed by atoms with Crippen LogP contribution in [-0.4, -0.2) is 31.2 Å². The van der Waals surface area contributed by atoms with Crippen molar-refractivity contribution in [1.82, 2.24) is 0 Å². The second-order valence-corrected chi connectivity index (χ2v) is 6.41. The lowest BCUT2D eigenvalue weighted by Crippen LogP contribution is -2.27. The van der Waals surface area contributed by atoms with E-state index in [0.717, 1.165) is 6.42 Å². The number of rotatable bonds is 7. The minimum Gasteiger partial charge on any atom is -0.379 e. The number of Topliss-reactive ketones (excluding diaryl/α,β-unsaturated/α-hetero) is 1. The van der Waals surface area contributed by atoms with E-state index >= 15 is 0 Å². The molecule has 0 saturated carbocycles. The lowest BCUT2D eigenvalue weighted by molar-refractivity contribution is -0.0196. The first-order valence-electron chi connectivity index (χ1n) is 5.82. The van der Waals surface area contributed by atoms with Crippen LogP contribution in [0.3, 0.4) is 0 Å². The molecule has 1 unspecified atom stereocenters. The minimum absolute atomic E-state index is 0.0258. The molecule has 0 N–H and O–H groups in total. The van der Waals surface area contributed by atoms with Gasteiger partial charge in [0.2, 0.25) is 5.78 Å². The Morgan fingerprint density at radius 1 is 1.50 bits per heavy atom. The standard InChI is InChI=1S/C13H19ClO3S/c1-9(17-8-7-13(2,3)16-4)12(15)10-5-6-11(14)18-10/h5-6,9H,7-8H2,1-4H3. The summed E-state index contributed by atoms with van der Waals surface area (Å²) in [7, 11) is 1.67. The van der Waals surface area contributed by atoms with Gasteiger partial charge in [-0.05, 0) is 39.3 Å². The van der Waals surface area contributed by atoms with Crippen molar-refractivity contribution in [3.05, 3.63) is 21.3 Å². The van der Waals surface area contributed by atoms with Gasteiger partial charge in [0.05, 0.1) is 21.4 Å². The predicted molar refractivity (Wildman–Crippen MR) is 74.8 cm³/mol. The maximum absolute atomic E-state index is 12.0. The van der Waals surface area contributed by atoms with Crippen LogP contribution in [0.4, 0.5) is 0 Å². The number of ketones is 1. The highest BCUT2D eigenvalue weighted by Gasteiger charge is 2.20. The van der Waals surface area contributed by atoms with Crippen molar-refractivity contribution in [3.8, 4) is 0 Å². The number of carbonyl (C=O) groups is 1. The Kier molecular flexibility index (Phi) is 5.79. The van der Waals surface area contributed by atoms with Gasteiger partial charge in [-0.25, -0.2) is 0 Å². The molecule has 5 heteroatoms. The topological polar surface area (TPSA) is 35.5 Å². The highest BCUT2D eigenvalue weighted by Crippen LogP contribution is 2.23. The molecule has 0 spiro atoms. The lowest BCUT2D eigenvalue weighted by atomic mass is 10.1. The molecule has 0 saturated heterocycles. The summed E-state index contributed by atoms with van der Waals surface area (Å²) >= 11 is 7.08. The fourth-order valence-electron chi connectivity index (χ4n) is 1.31. The monoisotopic (exact) mass is 290 g/mol. The molecular weight excluding hydrogens is 272 g/mol. The molecule has 102 valence electrons. The van der Waals surface area contributed by atoms with Crippen molar-refractivity contribution < 1.29 is 14.3 Å². The number of hydrogen-bond donors (Lipinski definition) is 0. The van der Waals surface area contributed by atoms with Crippen molar-refractivity contribution in [2.24, 2.45) is 0 Å². The predicted octanol–water partition coefficient (Wildman–Crippen LogP) is 3.80. The SMILES string of the molecule is COC(C)(C)CCOC(C)C(=O)c1ccc(Cl)s1. The van der Waals surface area contributed by atoms with E-state index in [1.165, 1.54) is 11.3 Å². The summed E-state index contributed by atoms with van der Waals surface area (Å²) in [4.78, 5) is 12.6. The van der Waals surface area contributed by atoms with Crippen LogP contribution in [0.2, 0.25) is 4.34 Å². The molecule has 0 aliphatic heterocycles. The van der Waals surface area contributed by atoms with E-state index in [1.54, 1.807) is 26.2 Å². The van der Waals surface area contributed by atoms with Crippen molar-refractivity contribution in [2.75, 3.05) is 13.7 Å². The average Bonchev–Trinajstić information content (AvgIpc) is 2.74. The Labute approximate surface area is 117 Å². The van der Waals surface area contributed by atoms with Crippen LogP contribution >= 0.6 is 22.9 Å². The Morgan fingerprint density at radius 2 is 2.17 bits per heavy atom. The second-order valence-electron chi connectivity index (χ2n) is 4.69. The molecule has 1 rings (SSSR count). The molecule has 0 aliphatic carbocycles. The molecule has 1 heterocycles. The summed E-state index contributed by atoms with van der Waals surface area (Å²) in [5.74, 6) is -0.0258. The van der Waals surface area contributed by atoms with E-state index in [1.807, 2.05) is 13.8 Å². The summed E-state index contributed by atoms with van der Waals surface area (Å²) in [6.07, 6.45) is 0.291. The highest BCUT2D eigenvalue weighted by atomic mass is 35.5. The first kappa shape index (κ1) is 15.6. The van der Waals surface area contributed by atoms with Crippen molar-refractivity contribution in [3.63, 3.8) is 0 Å². The normalized spacial score (nSPS) is 13.6. The smallest absolute Gasteiger partial charge is 0.201 e. The molecule has 1 aromatic rings. The number of thiophene rings is 1. The van der Waals surface area contributed by atoms with Gasteiger partial charge in [0.25, 0.3) is 0 Å². The summed E-state index contributed by atoms with van der Waals surface area (Å²) in [5.41, 5.74) is -0.227. The average molecular weight is 291 g/mol. The first-order valence-corrected chi connectivity index (χ1v) is 7.01. The zero-order valence-corrected chi connectivity index (χ0v) is 12.7. The number of carbonyl (C=O) groups excluding carboxylic acids is 1. The molecule has 0 aliphatic rings. The zero-order valence-electron chi connectivity index (χ0n) is 11.2. The largest absolute Gasteiger partial charge is 0.379 e. The zero-order chi connectivity index (χ0) is 13.8. The van der Waals surface area contributed by atoms with Gasteiger partial charge in [0, 0.05) is 7.11 Å². The van der Waals surface area contributed by atoms with Crippen molar-refractivity contribution in [2.45, 2.75) is 38.9 Å². The molecule has 1 aromatic heterocycles. The second kappa shape index (κ2) is 6.66. The molecule has 0 fully saturated rings. The van der Waals surface area contributed by atoms with Gasteiger partial charge in [-0.2, -0.15) is 0 Å². The Morgan fingerprint density at radius 3 is 2.67 bits per heavy atom. The van der Waals surface area contributed by atoms with Crippen LogP contribution in [0.1, 0.15) is 36.9 Å². The molecule has 1 atom stereocenters. The van der Waals surface area contributed by atoms with Crippen molar-refractivity contribution >= 4 is 28.7 Å². The highest BCUT2D eigenvalue weighted by molar-refractivity contribution is 7.18. The molecule has 3 nitrogen and oxygen atoms in total. The van der Waals surface area contributed by atoms with E-state index in [2.05, 4.69) is 0 Å². The Balaban J connectivity index is 2.42. The Bertz CT molecular complexity index is 401. The van der Waals surface area contributed by atoms with Crippen LogP contribution in [-0.2, 0) is 9.47 Å². The number of hydrogen-bond acceptors (Lipinski definition) is 4. The quantitative estimate of drug-likeness (QED) is 0.717. The molecule has 0 bridgehead atoms. The molecular formula is C13H19ClO3S. The van der Waals surface area contributed by atoms with Crippen LogP contribution < -0.4 is 0 Å². The summed E-state index contributed by atoms with van der Waals surface area (Å²) in [6, 6.07) is 3.45. The third-order valence-electron chi connectivity index (χ3n) is 2.81. The van der Waals surface area contributed by atoms with Crippen molar-refractivity contribution in [1.29, 1.82) is 0 Å².